The lowest BCUT2D eigenvalue weighted by molar-refractivity contribution is -0.116. The van der Waals surface area contributed by atoms with Gasteiger partial charge in [-0.15, -0.1) is 11.3 Å². The van der Waals surface area contributed by atoms with Crippen LogP contribution in [-0.2, 0) is 9.53 Å². The lowest BCUT2D eigenvalue weighted by Crippen LogP contribution is -2.24. The van der Waals surface area contributed by atoms with E-state index in [1.165, 1.54) is 11.3 Å². The summed E-state index contributed by atoms with van der Waals surface area (Å²) in [4.78, 5) is 36.0. The van der Waals surface area contributed by atoms with E-state index in [2.05, 4.69) is 10.6 Å². The largest absolute Gasteiger partial charge is 0.462 e. The van der Waals surface area contributed by atoms with Gasteiger partial charge in [0.25, 0.3) is 5.91 Å². The number of nitrogens with one attached hydrogen (secondary N) is 2. The standard InChI is InChI=1S/C18H20N2O4S/c1-2-24-18(23)13-6-3-7-14(12-13)20-16(21)9-4-10-19-17(22)15-8-5-11-25-15/h3,5-8,11-12H,2,4,9-10H2,1H3,(H,19,22)(H,20,21). The lowest BCUT2D eigenvalue weighted by atomic mass is 10.2. The summed E-state index contributed by atoms with van der Waals surface area (Å²) in [6.45, 7) is 2.46. The van der Waals surface area contributed by atoms with Crippen LogP contribution in [0.2, 0.25) is 0 Å². The van der Waals surface area contributed by atoms with Crippen molar-refractivity contribution in [1.29, 1.82) is 0 Å². The summed E-state index contributed by atoms with van der Waals surface area (Å²) in [5, 5.41) is 7.35. The zero-order valence-corrected chi connectivity index (χ0v) is 14.7. The molecule has 2 amide bonds. The molecule has 7 heteroatoms. The molecule has 0 aliphatic carbocycles. The first-order valence-corrected chi connectivity index (χ1v) is 8.87. The smallest absolute Gasteiger partial charge is 0.338 e. The van der Waals surface area contributed by atoms with Crippen molar-refractivity contribution < 1.29 is 19.1 Å². The van der Waals surface area contributed by atoms with Gasteiger partial charge in [-0.25, -0.2) is 4.79 Å². The summed E-state index contributed by atoms with van der Waals surface area (Å²) in [6.07, 6.45) is 0.800. The average Bonchev–Trinajstić information content (AvgIpc) is 3.14. The molecule has 2 rings (SSSR count). The minimum absolute atomic E-state index is 0.127. The van der Waals surface area contributed by atoms with Gasteiger partial charge in [0, 0.05) is 18.7 Å². The number of carbonyl (C=O) groups excluding carboxylic acids is 3. The monoisotopic (exact) mass is 360 g/mol. The van der Waals surface area contributed by atoms with E-state index in [1.807, 2.05) is 11.4 Å². The van der Waals surface area contributed by atoms with Gasteiger partial charge in [0.2, 0.25) is 5.91 Å². The lowest BCUT2D eigenvalue weighted by Gasteiger charge is -2.08. The molecule has 0 radical (unpaired) electrons. The normalized spacial score (nSPS) is 10.1. The molecule has 0 aliphatic heterocycles. The maximum absolute atomic E-state index is 12.0. The highest BCUT2D eigenvalue weighted by Crippen LogP contribution is 2.12. The van der Waals surface area contributed by atoms with Crippen molar-refractivity contribution in [3.63, 3.8) is 0 Å². The fourth-order valence-electron chi connectivity index (χ4n) is 2.11. The van der Waals surface area contributed by atoms with Crippen LogP contribution in [0.1, 0.15) is 39.8 Å². The highest BCUT2D eigenvalue weighted by atomic mass is 32.1. The second kappa shape index (κ2) is 9.58. The molecule has 1 heterocycles. The van der Waals surface area contributed by atoms with Crippen molar-refractivity contribution in [1.82, 2.24) is 5.32 Å². The molecule has 0 atom stereocenters. The maximum Gasteiger partial charge on any atom is 0.338 e. The van der Waals surface area contributed by atoms with Crippen LogP contribution in [0.15, 0.2) is 41.8 Å². The highest BCUT2D eigenvalue weighted by Gasteiger charge is 2.09. The molecule has 25 heavy (non-hydrogen) atoms. The molecule has 0 saturated heterocycles. The van der Waals surface area contributed by atoms with Crippen molar-refractivity contribution in [3.8, 4) is 0 Å². The molecular weight excluding hydrogens is 340 g/mol. The molecule has 0 fully saturated rings. The van der Waals surface area contributed by atoms with E-state index in [-0.39, 0.29) is 18.2 Å². The zero-order chi connectivity index (χ0) is 18.1. The second-order valence-corrected chi connectivity index (χ2v) is 6.13. The highest BCUT2D eigenvalue weighted by molar-refractivity contribution is 7.12. The summed E-state index contributed by atoms with van der Waals surface area (Å²) in [6, 6.07) is 10.2. The van der Waals surface area contributed by atoms with E-state index >= 15 is 0 Å². The molecule has 0 unspecified atom stereocenters. The number of anilines is 1. The van der Waals surface area contributed by atoms with E-state index in [1.54, 1.807) is 37.3 Å². The van der Waals surface area contributed by atoms with Gasteiger partial charge >= 0.3 is 5.97 Å². The Morgan fingerprint density at radius 1 is 1.16 bits per heavy atom. The summed E-state index contributed by atoms with van der Waals surface area (Å²) >= 11 is 1.38. The Hall–Kier alpha value is -2.67. The van der Waals surface area contributed by atoms with E-state index in [9.17, 15) is 14.4 Å². The average molecular weight is 360 g/mol. The van der Waals surface area contributed by atoms with Crippen LogP contribution in [0.25, 0.3) is 0 Å². The van der Waals surface area contributed by atoms with Crippen molar-refractivity contribution >= 4 is 34.8 Å². The Bertz CT molecular complexity index is 728. The number of rotatable bonds is 8. The number of ether oxygens (including phenoxy) is 1. The minimum atomic E-state index is -0.421. The van der Waals surface area contributed by atoms with Gasteiger partial charge in [0.15, 0.2) is 0 Å². The van der Waals surface area contributed by atoms with Crippen LogP contribution in [0.4, 0.5) is 5.69 Å². The molecule has 0 spiro atoms. The fraction of sp³-hybridized carbons (Fsp3) is 0.278. The Morgan fingerprint density at radius 2 is 2.00 bits per heavy atom. The molecule has 1 aromatic heterocycles. The van der Waals surface area contributed by atoms with Gasteiger partial charge in [-0.3, -0.25) is 9.59 Å². The van der Waals surface area contributed by atoms with Crippen molar-refractivity contribution in [2.24, 2.45) is 0 Å². The molecule has 0 bridgehead atoms. The molecule has 6 nitrogen and oxygen atoms in total. The van der Waals surface area contributed by atoms with Crippen LogP contribution >= 0.6 is 11.3 Å². The van der Waals surface area contributed by atoms with E-state index in [0.29, 0.717) is 35.7 Å². The Labute approximate surface area is 150 Å². The molecule has 132 valence electrons. The van der Waals surface area contributed by atoms with Crippen LogP contribution < -0.4 is 10.6 Å². The number of carbonyl (C=O) groups is 3. The van der Waals surface area contributed by atoms with E-state index in [4.69, 9.17) is 4.74 Å². The quantitative estimate of drug-likeness (QED) is 0.560. The van der Waals surface area contributed by atoms with Gasteiger partial charge in [-0.2, -0.15) is 0 Å². The third-order valence-corrected chi connectivity index (χ3v) is 4.14. The topological polar surface area (TPSA) is 84.5 Å². The van der Waals surface area contributed by atoms with E-state index < -0.39 is 5.97 Å². The fourth-order valence-corrected chi connectivity index (χ4v) is 2.75. The third-order valence-electron chi connectivity index (χ3n) is 3.27. The SMILES string of the molecule is CCOC(=O)c1cccc(NC(=O)CCCNC(=O)c2cccs2)c1. The molecule has 2 aromatic rings. The summed E-state index contributed by atoms with van der Waals surface area (Å²) in [5.41, 5.74) is 0.932. The number of hydrogen-bond acceptors (Lipinski definition) is 5. The molecular formula is C18H20N2O4S. The van der Waals surface area contributed by atoms with Crippen LogP contribution in [-0.4, -0.2) is 30.9 Å². The summed E-state index contributed by atoms with van der Waals surface area (Å²) in [5.74, 6) is -0.723. The van der Waals surface area contributed by atoms with Gasteiger partial charge in [0.05, 0.1) is 17.0 Å². The Morgan fingerprint density at radius 3 is 2.72 bits per heavy atom. The number of benzene rings is 1. The maximum atomic E-state index is 12.0. The first kappa shape index (κ1) is 18.7. The summed E-state index contributed by atoms with van der Waals surface area (Å²) in [7, 11) is 0. The number of esters is 1. The van der Waals surface area contributed by atoms with Crippen molar-refractivity contribution in [2.75, 3.05) is 18.5 Å². The van der Waals surface area contributed by atoms with Crippen LogP contribution in [0, 0.1) is 0 Å². The zero-order valence-electron chi connectivity index (χ0n) is 13.9. The van der Waals surface area contributed by atoms with E-state index in [0.717, 1.165) is 0 Å². The predicted octanol–water partition coefficient (Wildman–Crippen LogP) is 3.07. The number of amides is 2. The third kappa shape index (κ3) is 6.04. The van der Waals surface area contributed by atoms with Crippen LogP contribution in [0.5, 0.6) is 0 Å². The molecule has 0 saturated carbocycles. The predicted molar refractivity (Wildman–Crippen MR) is 96.9 cm³/mol. The van der Waals surface area contributed by atoms with Gasteiger partial charge in [-0.1, -0.05) is 12.1 Å². The van der Waals surface area contributed by atoms with Crippen molar-refractivity contribution in [3.05, 3.63) is 52.2 Å². The number of thiophene rings is 1. The molecule has 2 N–H and O–H groups in total. The van der Waals surface area contributed by atoms with Gasteiger partial charge < -0.3 is 15.4 Å². The van der Waals surface area contributed by atoms with Crippen molar-refractivity contribution in [2.45, 2.75) is 19.8 Å². The van der Waals surface area contributed by atoms with Gasteiger partial charge in [-0.05, 0) is 43.0 Å². The Kier molecular flexibility index (Phi) is 7.16. The first-order chi connectivity index (χ1) is 12.1. The van der Waals surface area contributed by atoms with Gasteiger partial charge in [0.1, 0.15) is 0 Å². The minimum Gasteiger partial charge on any atom is -0.462 e. The molecule has 1 aromatic carbocycles. The summed E-state index contributed by atoms with van der Waals surface area (Å²) < 4.78 is 4.93. The first-order valence-electron chi connectivity index (χ1n) is 7.99. The van der Waals surface area contributed by atoms with Crippen LogP contribution in [0.3, 0.4) is 0 Å². The second-order valence-electron chi connectivity index (χ2n) is 5.19. The molecule has 0 aliphatic rings. The number of hydrogen-bond donors (Lipinski definition) is 2. The Balaban J connectivity index is 1.74.